The third-order valence-corrected chi connectivity index (χ3v) is 4.44. The van der Waals surface area contributed by atoms with Gasteiger partial charge in [0.25, 0.3) is 0 Å². The van der Waals surface area contributed by atoms with Gasteiger partial charge in [-0.15, -0.1) is 0 Å². The topological polar surface area (TPSA) is 115 Å². The Balaban J connectivity index is 1.87. The summed E-state index contributed by atoms with van der Waals surface area (Å²) in [6.07, 6.45) is 1.44. The highest BCUT2D eigenvalue weighted by Crippen LogP contribution is 2.36. The summed E-state index contributed by atoms with van der Waals surface area (Å²) in [5.74, 6) is -0.494. The first-order valence-electron chi connectivity index (χ1n) is 9.17. The molecule has 164 valence electrons. The zero-order valence-electron chi connectivity index (χ0n) is 17.0. The van der Waals surface area contributed by atoms with Gasteiger partial charge < -0.3 is 19.5 Å². The van der Waals surface area contributed by atoms with Crippen LogP contribution < -0.4 is 20.2 Å². The smallest absolute Gasteiger partial charge is 0.343 e. The minimum atomic E-state index is -0.528. The minimum Gasteiger partial charge on any atom is -0.493 e. The summed E-state index contributed by atoms with van der Waals surface area (Å²) >= 11 is 3.35. The number of hydrogen-bond donors (Lipinski definition) is 2. The van der Waals surface area contributed by atoms with E-state index in [2.05, 4.69) is 36.5 Å². The lowest BCUT2D eigenvalue weighted by Gasteiger charge is -2.12. The number of nitrogens with one attached hydrogen (secondary N) is 2. The summed E-state index contributed by atoms with van der Waals surface area (Å²) in [5.41, 5.74) is 3.65. The molecular formula is C21H22BrN3O6. The Kier molecular flexibility index (Phi) is 9.50. The molecule has 0 saturated carbocycles. The standard InChI is InChI=1S/C21H22BrN3O6/c1-29-17-11-14(10-16(22)21(17)31-13-20(28)30-2)12-23-25-19(27)9-8-18(26)24-15-6-4-3-5-7-15/h3-7,10-12H,8-9,13H2,1-2H3,(H,24,26)(H,25,27). The average molecular weight is 492 g/mol. The second kappa shape index (κ2) is 12.3. The molecule has 0 saturated heterocycles. The van der Waals surface area contributed by atoms with E-state index in [1.54, 1.807) is 24.3 Å². The van der Waals surface area contributed by atoms with Crippen molar-refractivity contribution in [3.63, 3.8) is 0 Å². The number of rotatable bonds is 10. The fourth-order valence-corrected chi connectivity index (χ4v) is 2.93. The Hall–Kier alpha value is -3.40. The van der Waals surface area contributed by atoms with E-state index < -0.39 is 11.9 Å². The summed E-state index contributed by atoms with van der Waals surface area (Å²) in [6, 6.07) is 12.3. The number of hydrogen-bond acceptors (Lipinski definition) is 7. The second-order valence-corrected chi connectivity index (χ2v) is 6.96. The summed E-state index contributed by atoms with van der Waals surface area (Å²) in [6.45, 7) is -0.271. The molecule has 0 atom stereocenters. The van der Waals surface area contributed by atoms with Crippen LogP contribution in [-0.2, 0) is 19.1 Å². The Morgan fingerprint density at radius 2 is 1.77 bits per heavy atom. The molecule has 31 heavy (non-hydrogen) atoms. The van der Waals surface area contributed by atoms with E-state index in [4.69, 9.17) is 9.47 Å². The number of hydrazone groups is 1. The van der Waals surface area contributed by atoms with Crippen molar-refractivity contribution in [3.05, 3.63) is 52.5 Å². The van der Waals surface area contributed by atoms with E-state index in [9.17, 15) is 14.4 Å². The highest BCUT2D eigenvalue weighted by atomic mass is 79.9. The Morgan fingerprint density at radius 3 is 2.45 bits per heavy atom. The lowest BCUT2D eigenvalue weighted by atomic mass is 10.2. The molecule has 0 aliphatic heterocycles. The van der Waals surface area contributed by atoms with Gasteiger partial charge >= 0.3 is 5.97 Å². The summed E-state index contributed by atoms with van der Waals surface area (Å²) in [5, 5.41) is 6.60. The maximum atomic E-state index is 11.9. The molecular weight excluding hydrogens is 470 g/mol. The highest BCUT2D eigenvalue weighted by Gasteiger charge is 2.13. The van der Waals surface area contributed by atoms with Crippen molar-refractivity contribution in [1.29, 1.82) is 0 Å². The molecule has 10 heteroatoms. The van der Waals surface area contributed by atoms with Crippen LogP contribution >= 0.6 is 15.9 Å². The van der Waals surface area contributed by atoms with E-state index in [0.29, 0.717) is 27.2 Å². The van der Waals surface area contributed by atoms with Crippen LogP contribution in [0.2, 0.25) is 0 Å². The van der Waals surface area contributed by atoms with Gasteiger partial charge in [-0.3, -0.25) is 9.59 Å². The summed E-state index contributed by atoms with van der Waals surface area (Å²) in [7, 11) is 2.72. The average Bonchev–Trinajstić information content (AvgIpc) is 2.77. The van der Waals surface area contributed by atoms with Crippen molar-refractivity contribution >= 4 is 45.6 Å². The number of benzene rings is 2. The van der Waals surface area contributed by atoms with E-state index in [1.807, 2.05) is 18.2 Å². The first-order valence-corrected chi connectivity index (χ1v) is 9.96. The number of para-hydroxylation sites is 1. The van der Waals surface area contributed by atoms with Crippen LogP contribution in [0.15, 0.2) is 52.0 Å². The Labute approximate surface area is 187 Å². The van der Waals surface area contributed by atoms with Gasteiger partial charge in [0.15, 0.2) is 18.1 Å². The number of carbonyl (C=O) groups excluding carboxylic acids is 3. The van der Waals surface area contributed by atoms with Crippen LogP contribution in [0.5, 0.6) is 11.5 Å². The van der Waals surface area contributed by atoms with Gasteiger partial charge in [0.05, 0.1) is 24.9 Å². The first-order chi connectivity index (χ1) is 14.9. The van der Waals surface area contributed by atoms with Gasteiger partial charge in [-0.05, 0) is 45.8 Å². The van der Waals surface area contributed by atoms with E-state index in [0.717, 1.165) is 0 Å². The zero-order valence-corrected chi connectivity index (χ0v) is 18.6. The van der Waals surface area contributed by atoms with Crippen LogP contribution in [0.3, 0.4) is 0 Å². The van der Waals surface area contributed by atoms with E-state index in [-0.39, 0.29) is 25.4 Å². The molecule has 2 aromatic carbocycles. The number of amides is 2. The molecule has 0 fully saturated rings. The lowest BCUT2D eigenvalue weighted by molar-refractivity contribution is -0.143. The second-order valence-electron chi connectivity index (χ2n) is 6.11. The number of ether oxygens (including phenoxy) is 3. The quantitative estimate of drug-likeness (QED) is 0.300. The molecule has 9 nitrogen and oxygen atoms in total. The van der Waals surface area contributed by atoms with Gasteiger partial charge in [-0.1, -0.05) is 18.2 Å². The van der Waals surface area contributed by atoms with Gasteiger partial charge in [0.2, 0.25) is 11.8 Å². The molecule has 2 N–H and O–H groups in total. The van der Waals surface area contributed by atoms with Crippen molar-refractivity contribution in [3.8, 4) is 11.5 Å². The highest BCUT2D eigenvalue weighted by molar-refractivity contribution is 9.10. The minimum absolute atomic E-state index is 0.0106. The molecule has 0 aromatic heterocycles. The normalized spacial score (nSPS) is 10.4. The van der Waals surface area contributed by atoms with Gasteiger partial charge in [0.1, 0.15) is 0 Å². The Morgan fingerprint density at radius 1 is 1.06 bits per heavy atom. The summed E-state index contributed by atoms with van der Waals surface area (Å²) in [4.78, 5) is 35.1. The van der Waals surface area contributed by atoms with Crippen LogP contribution in [0.25, 0.3) is 0 Å². The molecule has 0 spiro atoms. The van der Waals surface area contributed by atoms with Crippen molar-refractivity contribution in [2.24, 2.45) is 5.10 Å². The molecule has 0 heterocycles. The van der Waals surface area contributed by atoms with Crippen molar-refractivity contribution < 1.29 is 28.6 Å². The van der Waals surface area contributed by atoms with Crippen LogP contribution in [0.1, 0.15) is 18.4 Å². The molecule has 0 aliphatic rings. The number of esters is 1. The lowest BCUT2D eigenvalue weighted by Crippen LogP contribution is -2.20. The van der Waals surface area contributed by atoms with E-state index in [1.165, 1.54) is 20.4 Å². The number of methoxy groups -OCH3 is 2. The summed E-state index contributed by atoms with van der Waals surface area (Å²) < 4.78 is 15.8. The largest absolute Gasteiger partial charge is 0.493 e. The molecule has 2 aromatic rings. The fraction of sp³-hybridized carbons (Fsp3) is 0.238. The van der Waals surface area contributed by atoms with Crippen LogP contribution in [0, 0.1) is 0 Å². The van der Waals surface area contributed by atoms with Gasteiger partial charge in [-0.25, -0.2) is 10.2 Å². The molecule has 0 unspecified atom stereocenters. The predicted molar refractivity (Wildman–Crippen MR) is 118 cm³/mol. The Bertz CT molecular complexity index is 950. The number of anilines is 1. The van der Waals surface area contributed by atoms with Gasteiger partial charge in [-0.2, -0.15) is 5.10 Å². The van der Waals surface area contributed by atoms with Gasteiger partial charge in [0, 0.05) is 18.5 Å². The van der Waals surface area contributed by atoms with Crippen LogP contribution in [-0.4, -0.2) is 44.8 Å². The SMILES string of the molecule is COC(=O)COc1c(Br)cc(C=NNC(=O)CCC(=O)Nc2ccccc2)cc1OC. The molecule has 2 amide bonds. The van der Waals surface area contributed by atoms with Crippen LogP contribution in [0.4, 0.5) is 5.69 Å². The third-order valence-electron chi connectivity index (χ3n) is 3.85. The predicted octanol–water partition coefficient (Wildman–Crippen LogP) is 2.88. The fourth-order valence-electron chi connectivity index (χ4n) is 2.35. The van der Waals surface area contributed by atoms with Crippen molar-refractivity contribution in [2.45, 2.75) is 12.8 Å². The number of carbonyl (C=O) groups is 3. The molecule has 2 rings (SSSR count). The maximum absolute atomic E-state index is 11.9. The van der Waals surface area contributed by atoms with Crippen molar-refractivity contribution in [1.82, 2.24) is 5.43 Å². The van der Waals surface area contributed by atoms with Crippen molar-refractivity contribution in [2.75, 3.05) is 26.1 Å². The molecule has 0 bridgehead atoms. The molecule has 0 aliphatic carbocycles. The first kappa shape index (κ1) is 23.9. The zero-order chi connectivity index (χ0) is 22.6. The number of halogens is 1. The van der Waals surface area contributed by atoms with E-state index >= 15 is 0 Å². The molecule has 0 radical (unpaired) electrons. The third kappa shape index (κ3) is 8.09. The maximum Gasteiger partial charge on any atom is 0.343 e. The number of nitrogens with zero attached hydrogens (tertiary/aromatic N) is 1. The monoisotopic (exact) mass is 491 g/mol.